The van der Waals surface area contributed by atoms with Crippen molar-refractivity contribution >= 4 is 57.0 Å². The van der Waals surface area contributed by atoms with Crippen LogP contribution in [-0.2, 0) is 17.6 Å². The number of thiophene rings is 1. The number of alkyl halides is 3. The molecule has 1 aliphatic carbocycles. The van der Waals surface area contributed by atoms with Gasteiger partial charge >= 0.3 is 0 Å². The van der Waals surface area contributed by atoms with E-state index in [2.05, 4.69) is 18.3 Å². The molecule has 0 bridgehead atoms. The zero-order valence-corrected chi connectivity index (χ0v) is 13.2. The highest BCUT2D eigenvalue weighted by Gasteiger charge is 2.33. The second kappa shape index (κ2) is 5.49. The molecule has 7 heteroatoms. The zero-order chi connectivity index (χ0) is 14.2. The summed E-state index contributed by atoms with van der Waals surface area (Å²) >= 11 is 18.0. The van der Waals surface area contributed by atoms with E-state index in [1.165, 1.54) is 11.3 Å². The van der Waals surface area contributed by atoms with Crippen LogP contribution in [0.15, 0.2) is 0 Å². The van der Waals surface area contributed by atoms with Crippen LogP contribution < -0.4 is 5.32 Å². The Morgan fingerprint density at radius 2 is 2.21 bits per heavy atom. The molecule has 0 aromatic carbocycles. The molecule has 0 fully saturated rings. The van der Waals surface area contributed by atoms with E-state index in [4.69, 9.17) is 34.8 Å². The van der Waals surface area contributed by atoms with Crippen LogP contribution in [0.4, 0.5) is 5.00 Å². The predicted molar refractivity (Wildman–Crippen MR) is 79.1 cm³/mol. The summed E-state index contributed by atoms with van der Waals surface area (Å²) in [5, 5.41) is 12.3. The van der Waals surface area contributed by atoms with Gasteiger partial charge in [0.1, 0.15) is 11.1 Å². The number of anilines is 1. The Kier molecular flexibility index (Phi) is 4.32. The van der Waals surface area contributed by atoms with Crippen molar-refractivity contribution in [3.63, 3.8) is 0 Å². The summed E-state index contributed by atoms with van der Waals surface area (Å²) < 4.78 is -2.02. The molecular weight excluding hydrogens is 327 g/mol. The molecule has 1 unspecified atom stereocenters. The number of amides is 1. The van der Waals surface area contributed by atoms with Gasteiger partial charge in [0.15, 0.2) is 0 Å². The standard InChI is InChI=1S/C12H11Cl3N2OS/c1-6-2-3-7-8(5-16)10(19-9(7)4-6)17-11(18)12(13,14)15/h6H,2-4H2,1H3,(H,17,18). The highest BCUT2D eigenvalue weighted by atomic mass is 35.6. The van der Waals surface area contributed by atoms with Crippen LogP contribution in [0, 0.1) is 17.2 Å². The molecule has 1 aliphatic rings. The first kappa shape index (κ1) is 14.9. The van der Waals surface area contributed by atoms with Crippen molar-refractivity contribution in [3.8, 4) is 6.07 Å². The topological polar surface area (TPSA) is 52.9 Å². The lowest BCUT2D eigenvalue weighted by Gasteiger charge is -2.17. The van der Waals surface area contributed by atoms with E-state index in [9.17, 15) is 10.1 Å². The number of fused-ring (bicyclic) bond motifs is 1. The van der Waals surface area contributed by atoms with E-state index in [1.54, 1.807) is 0 Å². The minimum Gasteiger partial charge on any atom is -0.313 e. The Hall–Kier alpha value is -0.470. The van der Waals surface area contributed by atoms with Crippen LogP contribution in [0.5, 0.6) is 0 Å². The molecule has 0 radical (unpaired) electrons. The summed E-state index contributed by atoms with van der Waals surface area (Å²) in [7, 11) is 0. The maximum atomic E-state index is 11.7. The number of halogens is 3. The van der Waals surface area contributed by atoms with Crippen molar-refractivity contribution in [2.24, 2.45) is 5.92 Å². The Bertz CT molecular complexity index is 557. The molecule has 1 aromatic rings. The molecule has 1 atom stereocenters. The second-order valence-electron chi connectivity index (χ2n) is 4.62. The largest absolute Gasteiger partial charge is 0.313 e. The van der Waals surface area contributed by atoms with Gasteiger partial charge in [0, 0.05) is 4.88 Å². The monoisotopic (exact) mass is 336 g/mol. The number of nitriles is 1. The molecule has 0 saturated carbocycles. The number of nitrogens with zero attached hydrogens (tertiary/aromatic N) is 1. The van der Waals surface area contributed by atoms with Crippen molar-refractivity contribution in [1.82, 2.24) is 0 Å². The van der Waals surface area contributed by atoms with Gasteiger partial charge in [0.25, 0.3) is 9.70 Å². The zero-order valence-electron chi connectivity index (χ0n) is 10.1. The number of hydrogen-bond donors (Lipinski definition) is 1. The lowest BCUT2D eigenvalue weighted by molar-refractivity contribution is -0.115. The van der Waals surface area contributed by atoms with Crippen LogP contribution in [0.25, 0.3) is 0 Å². The summed E-state index contributed by atoms with van der Waals surface area (Å²) in [6.45, 7) is 2.17. The van der Waals surface area contributed by atoms with Gasteiger partial charge in [-0.15, -0.1) is 11.3 Å². The Labute approximate surface area is 130 Å². The summed E-state index contributed by atoms with van der Waals surface area (Å²) in [6.07, 6.45) is 2.84. The molecule has 102 valence electrons. The third-order valence-corrected chi connectivity index (χ3v) is 4.79. The second-order valence-corrected chi connectivity index (χ2v) is 8.01. The number of carbonyl (C=O) groups excluding carboxylic acids is 1. The molecular formula is C12H11Cl3N2OS. The average molecular weight is 338 g/mol. The Morgan fingerprint density at radius 1 is 1.53 bits per heavy atom. The third-order valence-electron chi connectivity index (χ3n) is 3.11. The summed E-state index contributed by atoms with van der Waals surface area (Å²) in [5.74, 6) is -0.143. The fourth-order valence-electron chi connectivity index (χ4n) is 2.13. The van der Waals surface area contributed by atoms with Gasteiger partial charge in [-0.2, -0.15) is 5.26 Å². The molecule has 1 aromatic heterocycles. The predicted octanol–water partition coefficient (Wildman–Crippen LogP) is 4.05. The van der Waals surface area contributed by atoms with E-state index in [0.717, 1.165) is 29.7 Å². The molecule has 2 rings (SSSR count). The van der Waals surface area contributed by atoms with Crippen molar-refractivity contribution in [1.29, 1.82) is 5.26 Å². The van der Waals surface area contributed by atoms with Crippen LogP contribution in [-0.4, -0.2) is 9.70 Å². The summed E-state index contributed by atoms with van der Waals surface area (Å²) in [5.41, 5.74) is 1.54. The van der Waals surface area contributed by atoms with Crippen molar-refractivity contribution < 1.29 is 4.79 Å². The molecule has 0 saturated heterocycles. The highest BCUT2D eigenvalue weighted by molar-refractivity contribution is 7.16. The molecule has 0 aliphatic heterocycles. The molecule has 1 heterocycles. The number of carbonyl (C=O) groups is 1. The number of rotatable bonds is 1. The van der Waals surface area contributed by atoms with Gasteiger partial charge in [-0.05, 0) is 30.7 Å². The van der Waals surface area contributed by atoms with Crippen LogP contribution >= 0.6 is 46.1 Å². The normalized spacial score (nSPS) is 18.6. The molecule has 1 N–H and O–H groups in total. The van der Waals surface area contributed by atoms with E-state index < -0.39 is 9.70 Å². The van der Waals surface area contributed by atoms with Crippen molar-refractivity contribution in [3.05, 3.63) is 16.0 Å². The van der Waals surface area contributed by atoms with Gasteiger partial charge in [0.2, 0.25) is 0 Å². The summed E-state index contributed by atoms with van der Waals surface area (Å²) in [4.78, 5) is 12.8. The Balaban J connectivity index is 2.33. The molecule has 1 amide bonds. The lowest BCUT2D eigenvalue weighted by Crippen LogP contribution is -2.26. The number of hydrogen-bond acceptors (Lipinski definition) is 3. The van der Waals surface area contributed by atoms with Gasteiger partial charge in [-0.1, -0.05) is 41.7 Å². The van der Waals surface area contributed by atoms with E-state index in [-0.39, 0.29) is 0 Å². The van der Waals surface area contributed by atoms with Crippen LogP contribution in [0.3, 0.4) is 0 Å². The van der Waals surface area contributed by atoms with Gasteiger partial charge < -0.3 is 5.32 Å². The minimum atomic E-state index is -2.02. The number of nitrogens with one attached hydrogen (secondary N) is 1. The SMILES string of the molecule is CC1CCc2c(sc(NC(=O)C(Cl)(Cl)Cl)c2C#N)C1. The fraction of sp³-hybridized carbons (Fsp3) is 0.500. The highest BCUT2D eigenvalue weighted by Crippen LogP contribution is 2.40. The molecule has 3 nitrogen and oxygen atoms in total. The van der Waals surface area contributed by atoms with E-state index >= 15 is 0 Å². The van der Waals surface area contributed by atoms with Gasteiger partial charge in [-0.25, -0.2) is 0 Å². The lowest BCUT2D eigenvalue weighted by atomic mass is 9.89. The maximum Gasteiger partial charge on any atom is 0.277 e. The van der Waals surface area contributed by atoms with Crippen molar-refractivity contribution in [2.45, 2.75) is 30.0 Å². The van der Waals surface area contributed by atoms with Gasteiger partial charge in [0.05, 0.1) is 5.56 Å². The summed E-state index contributed by atoms with van der Waals surface area (Å²) in [6, 6.07) is 2.14. The van der Waals surface area contributed by atoms with Gasteiger partial charge in [-0.3, -0.25) is 4.79 Å². The van der Waals surface area contributed by atoms with Crippen LogP contribution in [0.2, 0.25) is 0 Å². The van der Waals surface area contributed by atoms with E-state index in [0.29, 0.717) is 16.5 Å². The first-order valence-corrected chi connectivity index (χ1v) is 7.70. The first-order valence-electron chi connectivity index (χ1n) is 5.75. The third kappa shape index (κ3) is 3.17. The Morgan fingerprint density at radius 3 is 2.79 bits per heavy atom. The van der Waals surface area contributed by atoms with Crippen LogP contribution in [0.1, 0.15) is 29.3 Å². The first-order chi connectivity index (χ1) is 8.82. The van der Waals surface area contributed by atoms with Crippen molar-refractivity contribution in [2.75, 3.05) is 5.32 Å². The minimum absolute atomic E-state index is 0.484. The fourth-order valence-corrected chi connectivity index (χ4v) is 3.63. The maximum absolute atomic E-state index is 11.7. The average Bonchev–Trinajstić information content (AvgIpc) is 2.63. The quantitative estimate of drug-likeness (QED) is 0.786. The molecule has 19 heavy (non-hydrogen) atoms. The van der Waals surface area contributed by atoms with E-state index in [1.807, 2.05) is 0 Å². The smallest absolute Gasteiger partial charge is 0.277 e. The molecule has 0 spiro atoms.